The second kappa shape index (κ2) is 10.6. The molecule has 3 heterocycles. The lowest BCUT2D eigenvalue weighted by atomic mass is 10.0. The number of ether oxygens (including phenoxy) is 1. The molecule has 0 spiro atoms. The summed E-state index contributed by atoms with van der Waals surface area (Å²) in [7, 11) is 1.06. The maximum Gasteiger partial charge on any atom is 0.421 e. The molecule has 200 valence electrons. The van der Waals surface area contributed by atoms with Crippen LogP contribution in [-0.2, 0) is 23.8 Å². The molecular weight excluding hydrogens is 526 g/mol. The van der Waals surface area contributed by atoms with E-state index in [9.17, 15) is 22.4 Å². The van der Waals surface area contributed by atoms with Crippen LogP contribution in [0.4, 0.5) is 23.2 Å². The van der Waals surface area contributed by atoms with Gasteiger partial charge in [0.05, 0.1) is 31.1 Å². The molecule has 1 aromatic carbocycles. The SMILES string of the molecule is COc1ncc(NC(=O)Cc2ccc(-c3cnc4c(c3)C=C(c3ccc(C#N)nc3)C4)cc2F)cc1C(F)(F)F. The third-order valence-electron chi connectivity index (χ3n) is 6.31. The maximum atomic E-state index is 15.0. The Morgan fingerprint density at radius 3 is 2.48 bits per heavy atom. The van der Waals surface area contributed by atoms with Gasteiger partial charge in [0.2, 0.25) is 11.8 Å². The third-order valence-corrected chi connectivity index (χ3v) is 6.31. The summed E-state index contributed by atoms with van der Waals surface area (Å²) in [5.74, 6) is -1.97. The highest BCUT2D eigenvalue weighted by Crippen LogP contribution is 2.36. The van der Waals surface area contributed by atoms with Crippen molar-refractivity contribution in [1.29, 1.82) is 5.26 Å². The van der Waals surface area contributed by atoms with Crippen LogP contribution in [-0.4, -0.2) is 28.0 Å². The summed E-state index contributed by atoms with van der Waals surface area (Å²) in [6.45, 7) is 0. The van der Waals surface area contributed by atoms with Gasteiger partial charge in [-0.15, -0.1) is 0 Å². The first-order valence-corrected chi connectivity index (χ1v) is 11.9. The van der Waals surface area contributed by atoms with Crippen LogP contribution in [0.2, 0.25) is 0 Å². The van der Waals surface area contributed by atoms with Gasteiger partial charge < -0.3 is 10.1 Å². The Hall–Kier alpha value is -5.11. The quantitative estimate of drug-likeness (QED) is 0.305. The topological polar surface area (TPSA) is 101 Å². The fraction of sp³-hybridized carbons (Fsp3) is 0.138. The third kappa shape index (κ3) is 5.51. The van der Waals surface area contributed by atoms with Gasteiger partial charge in [0.15, 0.2) is 0 Å². The number of fused-ring (bicyclic) bond motifs is 1. The monoisotopic (exact) mass is 545 g/mol. The predicted molar refractivity (Wildman–Crippen MR) is 138 cm³/mol. The van der Waals surface area contributed by atoms with E-state index in [2.05, 4.69) is 25.0 Å². The number of carbonyl (C=O) groups is 1. The summed E-state index contributed by atoms with van der Waals surface area (Å²) in [6.07, 6.45) is 1.76. The second-order valence-corrected chi connectivity index (χ2v) is 8.96. The van der Waals surface area contributed by atoms with Crippen molar-refractivity contribution in [2.24, 2.45) is 0 Å². The minimum absolute atomic E-state index is 0.0726. The lowest BCUT2D eigenvalue weighted by molar-refractivity contribution is -0.139. The Labute approximate surface area is 225 Å². The van der Waals surface area contributed by atoms with Gasteiger partial charge in [-0.25, -0.2) is 14.4 Å². The lowest BCUT2D eigenvalue weighted by Gasteiger charge is -2.13. The predicted octanol–water partition coefficient (Wildman–Crippen LogP) is 5.85. The number of rotatable bonds is 6. The van der Waals surface area contributed by atoms with Crippen LogP contribution in [0.25, 0.3) is 22.8 Å². The molecule has 3 aromatic heterocycles. The first kappa shape index (κ1) is 26.5. The summed E-state index contributed by atoms with van der Waals surface area (Å²) >= 11 is 0. The van der Waals surface area contributed by atoms with Crippen molar-refractivity contribution in [3.05, 3.63) is 101 Å². The first-order chi connectivity index (χ1) is 19.1. The molecule has 0 bridgehead atoms. The number of nitriles is 1. The molecule has 7 nitrogen and oxygen atoms in total. The molecule has 40 heavy (non-hydrogen) atoms. The van der Waals surface area contributed by atoms with E-state index >= 15 is 0 Å². The zero-order valence-corrected chi connectivity index (χ0v) is 20.9. The molecule has 1 amide bonds. The van der Waals surface area contributed by atoms with Gasteiger partial charge in [0.25, 0.3) is 0 Å². The number of benzene rings is 1. The van der Waals surface area contributed by atoms with Crippen LogP contribution in [0.3, 0.4) is 0 Å². The Morgan fingerprint density at radius 2 is 1.80 bits per heavy atom. The highest BCUT2D eigenvalue weighted by Gasteiger charge is 2.35. The van der Waals surface area contributed by atoms with Gasteiger partial charge >= 0.3 is 6.18 Å². The molecule has 1 aliphatic carbocycles. The van der Waals surface area contributed by atoms with Crippen LogP contribution in [0.1, 0.15) is 33.6 Å². The van der Waals surface area contributed by atoms with Gasteiger partial charge in [0, 0.05) is 24.4 Å². The number of methoxy groups -OCH3 is 1. The molecule has 0 unspecified atom stereocenters. The molecule has 0 saturated carbocycles. The molecule has 1 aliphatic rings. The number of nitrogens with one attached hydrogen (secondary N) is 1. The number of aromatic nitrogens is 3. The van der Waals surface area contributed by atoms with E-state index in [-0.39, 0.29) is 11.3 Å². The summed E-state index contributed by atoms with van der Waals surface area (Å²) in [6, 6.07) is 12.5. The highest BCUT2D eigenvalue weighted by molar-refractivity contribution is 5.92. The fourth-order valence-electron chi connectivity index (χ4n) is 4.33. The molecule has 5 rings (SSSR count). The second-order valence-electron chi connectivity index (χ2n) is 8.96. The van der Waals surface area contributed by atoms with Crippen LogP contribution < -0.4 is 10.1 Å². The lowest BCUT2D eigenvalue weighted by Crippen LogP contribution is -2.17. The van der Waals surface area contributed by atoms with Crippen molar-refractivity contribution in [1.82, 2.24) is 15.0 Å². The van der Waals surface area contributed by atoms with Crippen LogP contribution in [0.5, 0.6) is 5.88 Å². The van der Waals surface area contributed by atoms with Crippen molar-refractivity contribution in [3.8, 4) is 23.1 Å². The van der Waals surface area contributed by atoms with Crippen molar-refractivity contribution in [3.63, 3.8) is 0 Å². The van der Waals surface area contributed by atoms with E-state index in [0.717, 1.165) is 35.7 Å². The number of carbonyl (C=O) groups excluding carboxylic acids is 1. The summed E-state index contributed by atoms with van der Waals surface area (Å²) in [4.78, 5) is 24.7. The maximum absolute atomic E-state index is 15.0. The number of amides is 1. The standard InChI is InChI=1S/C29H19F4N5O2/c1-40-28-24(29(31,32)33)11-23(15-37-28)38-27(39)10-17-3-2-16(8-25(17)30)21-7-20-6-19(9-26(20)36-14-21)18-4-5-22(12-34)35-13-18/h2-8,11,13-15H,9-10H2,1H3,(H,38,39). The zero-order chi connectivity index (χ0) is 28.4. The number of pyridine rings is 3. The smallest absolute Gasteiger partial charge is 0.421 e. The highest BCUT2D eigenvalue weighted by atomic mass is 19.4. The molecule has 0 radical (unpaired) electrons. The van der Waals surface area contributed by atoms with E-state index in [1.807, 2.05) is 24.3 Å². The number of nitrogens with zero attached hydrogens (tertiary/aromatic N) is 4. The minimum Gasteiger partial charge on any atom is -0.481 e. The van der Waals surface area contributed by atoms with Gasteiger partial charge in [-0.1, -0.05) is 18.2 Å². The van der Waals surface area contributed by atoms with Crippen molar-refractivity contribution in [2.75, 3.05) is 12.4 Å². The minimum atomic E-state index is -4.73. The van der Waals surface area contributed by atoms with E-state index in [1.54, 1.807) is 24.5 Å². The molecule has 0 aliphatic heterocycles. The van der Waals surface area contributed by atoms with E-state index in [1.165, 1.54) is 12.1 Å². The van der Waals surface area contributed by atoms with Gasteiger partial charge in [-0.3, -0.25) is 9.78 Å². The van der Waals surface area contributed by atoms with E-state index < -0.39 is 35.8 Å². The molecule has 4 aromatic rings. The molecule has 0 atom stereocenters. The molecule has 0 saturated heterocycles. The Kier molecular flexibility index (Phi) is 7.00. The Bertz CT molecular complexity index is 1690. The molecule has 11 heteroatoms. The largest absolute Gasteiger partial charge is 0.481 e. The summed E-state index contributed by atoms with van der Waals surface area (Å²) < 4.78 is 59.3. The number of anilines is 1. The molecule has 1 N–H and O–H groups in total. The van der Waals surface area contributed by atoms with Crippen LogP contribution in [0, 0.1) is 17.1 Å². The summed E-state index contributed by atoms with van der Waals surface area (Å²) in [5.41, 5.74) is 3.92. The average molecular weight is 545 g/mol. The van der Waals surface area contributed by atoms with Gasteiger partial charge in [0.1, 0.15) is 23.1 Å². The van der Waals surface area contributed by atoms with E-state index in [4.69, 9.17) is 5.26 Å². The Morgan fingerprint density at radius 1 is 1.02 bits per heavy atom. The number of halogens is 4. The van der Waals surface area contributed by atoms with Crippen molar-refractivity contribution in [2.45, 2.75) is 19.0 Å². The van der Waals surface area contributed by atoms with Gasteiger partial charge in [-0.2, -0.15) is 18.4 Å². The normalized spacial score (nSPS) is 12.3. The fourth-order valence-corrected chi connectivity index (χ4v) is 4.33. The summed E-state index contributed by atoms with van der Waals surface area (Å²) in [5, 5.41) is 11.3. The number of hydrogen-bond acceptors (Lipinski definition) is 6. The molecule has 0 fully saturated rings. The van der Waals surface area contributed by atoms with E-state index in [0.29, 0.717) is 29.3 Å². The zero-order valence-electron chi connectivity index (χ0n) is 20.9. The number of allylic oxidation sites excluding steroid dienone is 1. The van der Waals surface area contributed by atoms with Crippen LogP contribution in [0.15, 0.2) is 61.1 Å². The molecular formula is C29H19F4N5O2. The number of hydrogen-bond donors (Lipinski definition) is 1. The Balaban J connectivity index is 1.30. The van der Waals surface area contributed by atoms with Crippen molar-refractivity contribution >= 4 is 23.2 Å². The number of alkyl halides is 3. The average Bonchev–Trinajstić information content (AvgIpc) is 3.37. The first-order valence-electron chi connectivity index (χ1n) is 11.9. The van der Waals surface area contributed by atoms with Gasteiger partial charge in [-0.05, 0) is 58.2 Å². The van der Waals surface area contributed by atoms with Crippen molar-refractivity contribution < 1.29 is 27.1 Å². The van der Waals surface area contributed by atoms with Crippen LogP contribution >= 0.6 is 0 Å².